The second-order valence-corrected chi connectivity index (χ2v) is 6.33. The number of hydrogen-bond donors (Lipinski definition) is 1. The summed E-state index contributed by atoms with van der Waals surface area (Å²) in [5.41, 5.74) is 1.80. The summed E-state index contributed by atoms with van der Waals surface area (Å²) in [5, 5.41) is 3.87. The SMILES string of the molecule is CCC(NC1CCCC1(C)C)c1ccc(OC)cc1. The summed E-state index contributed by atoms with van der Waals surface area (Å²) in [5.74, 6) is 0.930. The van der Waals surface area contributed by atoms with Crippen molar-refractivity contribution in [3.05, 3.63) is 29.8 Å². The molecule has 0 aromatic heterocycles. The molecule has 0 spiro atoms. The van der Waals surface area contributed by atoms with E-state index in [-0.39, 0.29) is 0 Å². The van der Waals surface area contributed by atoms with Gasteiger partial charge in [0.05, 0.1) is 7.11 Å². The van der Waals surface area contributed by atoms with Crippen molar-refractivity contribution in [2.45, 2.75) is 58.5 Å². The molecular weight excluding hydrogens is 234 g/mol. The lowest BCUT2D eigenvalue weighted by atomic mass is 9.86. The summed E-state index contributed by atoms with van der Waals surface area (Å²) in [4.78, 5) is 0. The number of ether oxygens (including phenoxy) is 1. The summed E-state index contributed by atoms with van der Waals surface area (Å²) < 4.78 is 5.23. The maximum Gasteiger partial charge on any atom is 0.118 e. The number of rotatable bonds is 5. The molecule has 0 aliphatic heterocycles. The van der Waals surface area contributed by atoms with Gasteiger partial charge in [0.15, 0.2) is 0 Å². The average Bonchev–Trinajstić information content (AvgIpc) is 2.75. The molecule has 19 heavy (non-hydrogen) atoms. The normalized spacial score (nSPS) is 23.3. The Morgan fingerprint density at radius 1 is 1.32 bits per heavy atom. The van der Waals surface area contributed by atoms with E-state index >= 15 is 0 Å². The fraction of sp³-hybridized carbons (Fsp3) is 0.647. The molecule has 106 valence electrons. The Balaban J connectivity index is 2.07. The van der Waals surface area contributed by atoms with Crippen LogP contribution in [0, 0.1) is 5.41 Å². The van der Waals surface area contributed by atoms with Crippen LogP contribution in [0.3, 0.4) is 0 Å². The van der Waals surface area contributed by atoms with Crippen LogP contribution in [0.5, 0.6) is 5.75 Å². The molecule has 1 fully saturated rings. The van der Waals surface area contributed by atoms with Gasteiger partial charge in [-0.25, -0.2) is 0 Å². The predicted molar refractivity (Wildman–Crippen MR) is 80.6 cm³/mol. The van der Waals surface area contributed by atoms with Crippen LogP contribution in [-0.4, -0.2) is 13.2 Å². The zero-order valence-corrected chi connectivity index (χ0v) is 12.7. The molecule has 2 atom stereocenters. The summed E-state index contributed by atoms with van der Waals surface area (Å²) in [7, 11) is 1.71. The van der Waals surface area contributed by atoms with Gasteiger partial charge in [-0.3, -0.25) is 0 Å². The molecule has 1 aromatic carbocycles. The van der Waals surface area contributed by atoms with E-state index < -0.39 is 0 Å². The van der Waals surface area contributed by atoms with Crippen LogP contribution in [0.4, 0.5) is 0 Å². The van der Waals surface area contributed by atoms with Crippen molar-refractivity contribution in [2.75, 3.05) is 7.11 Å². The molecule has 2 rings (SSSR count). The predicted octanol–water partition coefficient (Wildman–Crippen LogP) is 4.31. The Morgan fingerprint density at radius 2 is 2.00 bits per heavy atom. The maximum absolute atomic E-state index is 5.23. The molecule has 1 aliphatic rings. The Bertz CT molecular complexity index is 396. The largest absolute Gasteiger partial charge is 0.497 e. The van der Waals surface area contributed by atoms with Gasteiger partial charge in [0.1, 0.15) is 5.75 Å². The minimum atomic E-state index is 0.430. The number of hydrogen-bond acceptors (Lipinski definition) is 2. The minimum absolute atomic E-state index is 0.430. The van der Waals surface area contributed by atoms with Gasteiger partial charge in [-0.05, 0) is 42.4 Å². The van der Waals surface area contributed by atoms with Crippen LogP contribution in [0.15, 0.2) is 24.3 Å². The van der Waals surface area contributed by atoms with E-state index in [1.165, 1.54) is 24.8 Å². The van der Waals surface area contributed by atoms with Crippen LogP contribution in [0.25, 0.3) is 0 Å². The summed E-state index contributed by atoms with van der Waals surface area (Å²) in [6, 6.07) is 9.57. The lowest BCUT2D eigenvalue weighted by Crippen LogP contribution is -2.39. The van der Waals surface area contributed by atoms with E-state index in [0.717, 1.165) is 12.2 Å². The first-order valence-electron chi connectivity index (χ1n) is 7.47. The summed E-state index contributed by atoms with van der Waals surface area (Å²) in [6.45, 7) is 7.03. The Labute approximate surface area is 117 Å². The molecule has 0 saturated heterocycles. The van der Waals surface area contributed by atoms with Gasteiger partial charge in [0.2, 0.25) is 0 Å². The zero-order chi connectivity index (χ0) is 13.9. The van der Waals surface area contributed by atoms with Gasteiger partial charge in [0.25, 0.3) is 0 Å². The van der Waals surface area contributed by atoms with Crippen molar-refractivity contribution in [3.63, 3.8) is 0 Å². The molecule has 1 saturated carbocycles. The van der Waals surface area contributed by atoms with Crippen LogP contribution in [0.2, 0.25) is 0 Å². The molecule has 0 bridgehead atoms. The van der Waals surface area contributed by atoms with Gasteiger partial charge >= 0.3 is 0 Å². The van der Waals surface area contributed by atoms with E-state index in [1.54, 1.807) is 7.11 Å². The molecule has 2 heteroatoms. The monoisotopic (exact) mass is 261 g/mol. The fourth-order valence-electron chi connectivity index (χ4n) is 3.16. The quantitative estimate of drug-likeness (QED) is 0.852. The van der Waals surface area contributed by atoms with Crippen LogP contribution < -0.4 is 10.1 Å². The molecule has 0 amide bonds. The molecule has 1 aliphatic carbocycles. The van der Waals surface area contributed by atoms with Gasteiger partial charge in [-0.1, -0.05) is 39.3 Å². The molecule has 0 radical (unpaired) electrons. The Kier molecular flexibility index (Phi) is 4.51. The van der Waals surface area contributed by atoms with E-state index in [2.05, 4.69) is 50.4 Å². The smallest absolute Gasteiger partial charge is 0.118 e. The third-order valence-corrected chi connectivity index (χ3v) is 4.59. The highest BCUT2D eigenvalue weighted by molar-refractivity contribution is 5.29. The standard InChI is InChI=1S/C17H27NO/c1-5-15(13-8-10-14(19-4)11-9-13)18-16-7-6-12-17(16,2)3/h8-11,15-16,18H,5-7,12H2,1-4H3. The van der Waals surface area contributed by atoms with Gasteiger partial charge in [-0.2, -0.15) is 0 Å². The van der Waals surface area contributed by atoms with Crippen molar-refractivity contribution < 1.29 is 4.74 Å². The Hall–Kier alpha value is -1.02. The highest BCUT2D eigenvalue weighted by Gasteiger charge is 2.35. The molecule has 2 unspecified atom stereocenters. The molecule has 1 N–H and O–H groups in total. The molecular formula is C17H27NO. The third kappa shape index (κ3) is 3.30. The van der Waals surface area contributed by atoms with Gasteiger partial charge < -0.3 is 10.1 Å². The van der Waals surface area contributed by atoms with Gasteiger partial charge in [0, 0.05) is 12.1 Å². The first kappa shape index (κ1) is 14.4. The summed E-state index contributed by atoms with van der Waals surface area (Å²) >= 11 is 0. The van der Waals surface area contributed by atoms with Crippen molar-refractivity contribution in [1.82, 2.24) is 5.32 Å². The van der Waals surface area contributed by atoms with Crippen LogP contribution >= 0.6 is 0 Å². The highest BCUT2D eigenvalue weighted by Crippen LogP contribution is 2.38. The minimum Gasteiger partial charge on any atom is -0.497 e. The number of nitrogens with one attached hydrogen (secondary N) is 1. The van der Waals surface area contributed by atoms with E-state index in [0.29, 0.717) is 17.5 Å². The fourth-order valence-corrected chi connectivity index (χ4v) is 3.16. The van der Waals surface area contributed by atoms with Crippen molar-refractivity contribution >= 4 is 0 Å². The first-order chi connectivity index (χ1) is 9.06. The number of benzene rings is 1. The third-order valence-electron chi connectivity index (χ3n) is 4.59. The first-order valence-corrected chi connectivity index (χ1v) is 7.47. The van der Waals surface area contributed by atoms with Crippen molar-refractivity contribution in [1.29, 1.82) is 0 Å². The molecule has 1 aromatic rings. The van der Waals surface area contributed by atoms with Crippen molar-refractivity contribution in [3.8, 4) is 5.75 Å². The zero-order valence-electron chi connectivity index (χ0n) is 12.7. The maximum atomic E-state index is 5.23. The van der Waals surface area contributed by atoms with E-state index in [1.807, 2.05) is 0 Å². The second-order valence-electron chi connectivity index (χ2n) is 6.33. The molecule has 0 heterocycles. The summed E-state index contributed by atoms with van der Waals surface area (Å²) in [6.07, 6.45) is 5.12. The van der Waals surface area contributed by atoms with Crippen molar-refractivity contribution in [2.24, 2.45) is 5.41 Å². The highest BCUT2D eigenvalue weighted by atomic mass is 16.5. The number of methoxy groups -OCH3 is 1. The topological polar surface area (TPSA) is 21.3 Å². The lowest BCUT2D eigenvalue weighted by molar-refractivity contribution is 0.259. The van der Waals surface area contributed by atoms with Crippen LogP contribution in [0.1, 0.15) is 58.1 Å². The van der Waals surface area contributed by atoms with E-state index in [4.69, 9.17) is 4.74 Å². The van der Waals surface area contributed by atoms with Gasteiger partial charge in [-0.15, -0.1) is 0 Å². The average molecular weight is 261 g/mol. The lowest BCUT2D eigenvalue weighted by Gasteiger charge is -2.32. The van der Waals surface area contributed by atoms with E-state index in [9.17, 15) is 0 Å². The second kappa shape index (κ2) is 5.96. The van der Waals surface area contributed by atoms with Crippen LogP contribution in [-0.2, 0) is 0 Å². The molecule has 2 nitrogen and oxygen atoms in total. The Morgan fingerprint density at radius 3 is 2.47 bits per heavy atom.